The van der Waals surface area contributed by atoms with E-state index in [0.717, 1.165) is 25.3 Å². The molecular weight excluding hydrogens is 467 g/mol. The number of rotatable bonds is 7. The van der Waals surface area contributed by atoms with Crippen molar-refractivity contribution in [3.05, 3.63) is 35.4 Å². The standard InChI is InChI=1S/C21H30N4O2.HI/c1-2-22-21(24-16-10-4-3-5-11-16)23-14-8-9-15-25-19(26)17-12-6-7-13-18(17)20(25)27;/h6-7,12-13,16H,2-5,8-11,14-15H2,1H3,(H2,22,23,24);1H. The Labute approximate surface area is 184 Å². The number of fused-ring (bicyclic) bond motifs is 1. The fourth-order valence-corrected chi connectivity index (χ4v) is 3.78. The van der Waals surface area contributed by atoms with E-state index < -0.39 is 0 Å². The van der Waals surface area contributed by atoms with Gasteiger partial charge in [0.2, 0.25) is 0 Å². The van der Waals surface area contributed by atoms with Gasteiger partial charge in [-0.2, -0.15) is 0 Å². The van der Waals surface area contributed by atoms with Crippen LogP contribution in [-0.2, 0) is 0 Å². The first-order valence-corrected chi connectivity index (χ1v) is 10.2. The molecule has 1 fully saturated rings. The van der Waals surface area contributed by atoms with Crippen molar-refractivity contribution in [2.75, 3.05) is 19.6 Å². The molecule has 2 aliphatic rings. The number of unbranched alkanes of at least 4 members (excludes halogenated alkanes) is 1. The molecule has 2 N–H and O–H groups in total. The number of amides is 2. The maximum Gasteiger partial charge on any atom is 0.261 e. The minimum absolute atomic E-state index is 0. The van der Waals surface area contributed by atoms with Crippen molar-refractivity contribution < 1.29 is 9.59 Å². The first-order chi connectivity index (χ1) is 13.2. The zero-order valence-corrected chi connectivity index (χ0v) is 18.9. The van der Waals surface area contributed by atoms with E-state index >= 15 is 0 Å². The molecule has 0 unspecified atom stereocenters. The molecule has 0 bridgehead atoms. The topological polar surface area (TPSA) is 73.8 Å². The van der Waals surface area contributed by atoms with Crippen molar-refractivity contribution in [2.45, 2.75) is 57.9 Å². The fraction of sp³-hybridized carbons (Fsp3) is 0.571. The molecule has 0 aromatic heterocycles. The Morgan fingerprint density at radius 1 is 1.07 bits per heavy atom. The van der Waals surface area contributed by atoms with Crippen molar-refractivity contribution >= 4 is 41.8 Å². The summed E-state index contributed by atoms with van der Waals surface area (Å²) in [5.41, 5.74) is 1.04. The lowest BCUT2D eigenvalue weighted by molar-refractivity contribution is 0.0652. The van der Waals surface area contributed by atoms with E-state index in [1.54, 1.807) is 24.3 Å². The Morgan fingerprint density at radius 2 is 1.71 bits per heavy atom. The molecule has 6 nitrogen and oxygen atoms in total. The van der Waals surface area contributed by atoms with Crippen LogP contribution in [0.2, 0.25) is 0 Å². The first-order valence-electron chi connectivity index (χ1n) is 10.2. The van der Waals surface area contributed by atoms with Gasteiger partial charge in [-0.3, -0.25) is 19.5 Å². The van der Waals surface area contributed by atoms with E-state index in [0.29, 0.717) is 30.3 Å². The fourth-order valence-electron chi connectivity index (χ4n) is 3.78. The number of carbonyl (C=O) groups is 2. The molecule has 1 aromatic carbocycles. The van der Waals surface area contributed by atoms with E-state index in [1.165, 1.54) is 37.0 Å². The number of guanidine groups is 1. The number of benzene rings is 1. The third-order valence-electron chi connectivity index (χ3n) is 5.23. The summed E-state index contributed by atoms with van der Waals surface area (Å²) < 4.78 is 0. The maximum atomic E-state index is 12.3. The molecule has 3 rings (SSSR count). The van der Waals surface area contributed by atoms with Crippen LogP contribution in [0.15, 0.2) is 29.3 Å². The Bertz CT molecular complexity index is 666. The van der Waals surface area contributed by atoms with Crippen LogP contribution in [0.25, 0.3) is 0 Å². The summed E-state index contributed by atoms with van der Waals surface area (Å²) in [6.45, 7) is 4.05. The zero-order valence-electron chi connectivity index (χ0n) is 16.6. The third kappa shape index (κ3) is 5.68. The molecular formula is C21H31IN4O2. The smallest absolute Gasteiger partial charge is 0.261 e. The van der Waals surface area contributed by atoms with Crippen LogP contribution in [0, 0.1) is 0 Å². The van der Waals surface area contributed by atoms with Gasteiger partial charge in [0.1, 0.15) is 0 Å². The molecule has 2 amide bonds. The Balaban J connectivity index is 0.00000280. The summed E-state index contributed by atoms with van der Waals surface area (Å²) in [6.07, 6.45) is 7.94. The quantitative estimate of drug-likeness (QED) is 0.198. The van der Waals surface area contributed by atoms with Gasteiger partial charge in [-0.15, -0.1) is 24.0 Å². The number of carbonyl (C=O) groups excluding carboxylic acids is 2. The maximum absolute atomic E-state index is 12.3. The Hall–Kier alpha value is -1.64. The van der Waals surface area contributed by atoms with Gasteiger partial charge in [0.15, 0.2) is 5.96 Å². The average molecular weight is 498 g/mol. The summed E-state index contributed by atoms with van der Waals surface area (Å²) in [5, 5.41) is 6.84. The first kappa shape index (κ1) is 22.6. The zero-order chi connectivity index (χ0) is 19.1. The molecule has 7 heteroatoms. The third-order valence-corrected chi connectivity index (χ3v) is 5.23. The lowest BCUT2D eigenvalue weighted by atomic mass is 9.96. The van der Waals surface area contributed by atoms with E-state index in [2.05, 4.69) is 22.5 Å². The number of nitrogens with zero attached hydrogens (tertiary/aromatic N) is 2. The summed E-state index contributed by atoms with van der Waals surface area (Å²) in [5.74, 6) is 0.531. The predicted molar refractivity (Wildman–Crippen MR) is 122 cm³/mol. The Kier molecular flexibility index (Phi) is 9.21. The van der Waals surface area contributed by atoms with Crippen LogP contribution in [0.3, 0.4) is 0 Å². The molecule has 0 saturated heterocycles. The van der Waals surface area contributed by atoms with Gasteiger partial charge in [0, 0.05) is 25.7 Å². The van der Waals surface area contributed by atoms with Crippen molar-refractivity contribution in [3.8, 4) is 0 Å². The van der Waals surface area contributed by atoms with Crippen LogP contribution in [0.1, 0.15) is 72.6 Å². The SMILES string of the molecule is CCNC(=NCCCCN1C(=O)c2ccccc2C1=O)NC1CCCCC1.I. The highest BCUT2D eigenvalue weighted by atomic mass is 127. The number of imide groups is 1. The molecule has 28 heavy (non-hydrogen) atoms. The molecule has 0 radical (unpaired) electrons. The van der Waals surface area contributed by atoms with Gasteiger partial charge in [0.05, 0.1) is 11.1 Å². The second-order valence-electron chi connectivity index (χ2n) is 7.25. The lowest BCUT2D eigenvalue weighted by Gasteiger charge is -2.24. The number of halogens is 1. The number of nitrogens with one attached hydrogen (secondary N) is 2. The van der Waals surface area contributed by atoms with Gasteiger partial charge in [-0.25, -0.2) is 0 Å². The molecule has 154 valence electrons. The monoisotopic (exact) mass is 498 g/mol. The van der Waals surface area contributed by atoms with Gasteiger partial charge in [0.25, 0.3) is 11.8 Å². The summed E-state index contributed by atoms with van der Waals surface area (Å²) >= 11 is 0. The molecule has 1 saturated carbocycles. The van der Waals surface area contributed by atoms with Crippen LogP contribution in [0.4, 0.5) is 0 Å². The molecule has 0 spiro atoms. The summed E-state index contributed by atoms with van der Waals surface area (Å²) in [6, 6.07) is 7.56. The van der Waals surface area contributed by atoms with Crippen molar-refractivity contribution in [3.63, 3.8) is 0 Å². The predicted octanol–water partition coefficient (Wildman–Crippen LogP) is 3.57. The van der Waals surface area contributed by atoms with E-state index in [9.17, 15) is 9.59 Å². The molecule has 1 aliphatic heterocycles. The van der Waals surface area contributed by atoms with Crippen molar-refractivity contribution in [1.29, 1.82) is 0 Å². The second-order valence-corrected chi connectivity index (χ2v) is 7.25. The van der Waals surface area contributed by atoms with Crippen LogP contribution >= 0.6 is 24.0 Å². The molecule has 0 atom stereocenters. The average Bonchev–Trinajstić information content (AvgIpc) is 2.93. The highest BCUT2D eigenvalue weighted by Crippen LogP contribution is 2.22. The Morgan fingerprint density at radius 3 is 2.32 bits per heavy atom. The van der Waals surface area contributed by atoms with Crippen LogP contribution < -0.4 is 10.6 Å². The highest BCUT2D eigenvalue weighted by Gasteiger charge is 2.34. The summed E-state index contributed by atoms with van der Waals surface area (Å²) in [7, 11) is 0. The van der Waals surface area contributed by atoms with Crippen molar-refractivity contribution in [1.82, 2.24) is 15.5 Å². The molecule has 1 aliphatic carbocycles. The van der Waals surface area contributed by atoms with Gasteiger partial charge in [-0.1, -0.05) is 31.4 Å². The lowest BCUT2D eigenvalue weighted by Crippen LogP contribution is -2.44. The second kappa shape index (κ2) is 11.4. The van der Waals surface area contributed by atoms with E-state index in [-0.39, 0.29) is 35.8 Å². The van der Waals surface area contributed by atoms with Crippen molar-refractivity contribution in [2.24, 2.45) is 4.99 Å². The van der Waals surface area contributed by atoms with Gasteiger partial charge < -0.3 is 10.6 Å². The minimum Gasteiger partial charge on any atom is -0.357 e. The van der Waals surface area contributed by atoms with Gasteiger partial charge >= 0.3 is 0 Å². The largest absolute Gasteiger partial charge is 0.357 e. The highest BCUT2D eigenvalue weighted by molar-refractivity contribution is 14.0. The molecule has 1 aromatic rings. The van der Waals surface area contributed by atoms with Crippen LogP contribution in [-0.4, -0.2) is 48.3 Å². The summed E-state index contributed by atoms with van der Waals surface area (Å²) in [4.78, 5) is 30.7. The number of hydrogen-bond donors (Lipinski definition) is 2. The molecule has 1 heterocycles. The van der Waals surface area contributed by atoms with E-state index in [1.807, 2.05) is 0 Å². The van der Waals surface area contributed by atoms with E-state index in [4.69, 9.17) is 0 Å². The number of aliphatic imine (C=N–C) groups is 1. The normalized spacial score (nSPS) is 17.3. The van der Waals surface area contributed by atoms with Crippen LogP contribution in [0.5, 0.6) is 0 Å². The van der Waals surface area contributed by atoms with Gasteiger partial charge in [-0.05, 0) is 44.7 Å². The number of hydrogen-bond acceptors (Lipinski definition) is 3. The minimum atomic E-state index is -0.175.